The first-order valence-electron chi connectivity index (χ1n) is 7.04. The van der Waals surface area contributed by atoms with E-state index in [0.717, 1.165) is 19.5 Å². The highest BCUT2D eigenvalue weighted by Gasteiger charge is 2.24. The van der Waals surface area contributed by atoms with Crippen LogP contribution in [0.25, 0.3) is 0 Å². The van der Waals surface area contributed by atoms with Gasteiger partial charge in [-0.2, -0.15) is 0 Å². The zero-order valence-electron chi connectivity index (χ0n) is 11.8. The second-order valence-corrected chi connectivity index (χ2v) is 5.53. The summed E-state index contributed by atoms with van der Waals surface area (Å²) in [5.74, 6) is 0.0458. The van der Waals surface area contributed by atoms with Crippen LogP contribution in [0.2, 0.25) is 0 Å². The van der Waals surface area contributed by atoms with Crippen LogP contribution in [0.5, 0.6) is 0 Å². The van der Waals surface area contributed by atoms with Crippen LogP contribution in [0.4, 0.5) is 4.39 Å². The van der Waals surface area contributed by atoms with Crippen LogP contribution in [0.3, 0.4) is 0 Å². The van der Waals surface area contributed by atoms with Crippen LogP contribution >= 0.6 is 0 Å². The predicted octanol–water partition coefficient (Wildman–Crippen LogP) is 1.11. The number of nitrogens with zero attached hydrogens (tertiary/aromatic N) is 1. The molecule has 20 heavy (non-hydrogen) atoms. The number of rotatable bonds is 4. The van der Waals surface area contributed by atoms with Crippen LogP contribution in [0.15, 0.2) is 24.3 Å². The van der Waals surface area contributed by atoms with Crippen molar-refractivity contribution in [2.75, 3.05) is 19.6 Å². The fourth-order valence-electron chi connectivity index (χ4n) is 2.49. The number of carbonyl (C=O) groups excluding carboxylic acids is 1. The molecular weight excluding hydrogens is 257 g/mol. The average Bonchev–Trinajstić information content (AvgIpc) is 2.42. The van der Waals surface area contributed by atoms with Crippen LogP contribution in [-0.4, -0.2) is 36.5 Å². The molecule has 4 nitrogen and oxygen atoms in total. The zero-order valence-corrected chi connectivity index (χ0v) is 11.8. The van der Waals surface area contributed by atoms with Gasteiger partial charge in [-0.15, -0.1) is 0 Å². The van der Waals surface area contributed by atoms with Crippen LogP contribution in [0, 0.1) is 11.7 Å². The third-order valence-corrected chi connectivity index (χ3v) is 3.86. The van der Waals surface area contributed by atoms with Crippen molar-refractivity contribution in [2.24, 2.45) is 11.7 Å². The zero-order chi connectivity index (χ0) is 14.5. The Kier molecular flexibility index (Phi) is 5.09. The van der Waals surface area contributed by atoms with E-state index in [1.807, 2.05) is 0 Å². The standard InChI is InChI=1S/C15H22FN3O/c1-11-9-19(7-6-14(11)17)10-15(20)18-8-12-4-2-3-5-13(12)16/h2-5,11,14H,6-10,17H2,1H3,(H,18,20). The molecule has 3 N–H and O–H groups in total. The summed E-state index contributed by atoms with van der Waals surface area (Å²) in [6.07, 6.45) is 0.918. The lowest BCUT2D eigenvalue weighted by atomic mass is 9.95. The molecule has 0 bridgehead atoms. The number of nitrogens with two attached hydrogens (primary N) is 1. The molecule has 2 unspecified atom stereocenters. The van der Waals surface area contributed by atoms with Gasteiger partial charge in [-0.25, -0.2) is 4.39 Å². The number of carbonyl (C=O) groups is 1. The molecule has 1 aromatic rings. The largest absolute Gasteiger partial charge is 0.351 e. The van der Waals surface area contributed by atoms with Gasteiger partial charge in [-0.1, -0.05) is 25.1 Å². The van der Waals surface area contributed by atoms with E-state index in [4.69, 9.17) is 5.73 Å². The lowest BCUT2D eigenvalue weighted by Gasteiger charge is -2.34. The minimum Gasteiger partial charge on any atom is -0.351 e. The highest BCUT2D eigenvalue weighted by atomic mass is 19.1. The number of halogens is 1. The predicted molar refractivity (Wildman–Crippen MR) is 76.4 cm³/mol. The van der Waals surface area contributed by atoms with Crippen LogP contribution < -0.4 is 11.1 Å². The second kappa shape index (κ2) is 6.81. The number of likely N-dealkylation sites (tertiary alicyclic amines) is 1. The van der Waals surface area contributed by atoms with Gasteiger partial charge in [0.25, 0.3) is 0 Å². The molecule has 1 heterocycles. The summed E-state index contributed by atoms with van der Waals surface area (Å²) in [6, 6.07) is 6.71. The number of hydrogen-bond acceptors (Lipinski definition) is 3. The Balaban J connectivity index is 1.77. The van der Waals surface area contributed by atoms with E-state index < -0.39 is 0 Å². The molecule has 110 valence electrons. The van der Waals surface area contributed by atoms with E-state index in [1.54, 1.807) is 18.2 Å². The summed E-state index contributed by atoms with van der Waals surface area (Å²) in [7, 11) is 0. The van der Waals surface area contributed by atoms with Crippen LogP contribution in [-0.2, 0) is 11.3 Å². The molecule has 1 saturated heterocycles. The molecule has 2 atom stereocenters. The molecule has 1 aliphatic heterocycles. The van der Waals surface area contributed by atoms with Crippen LogP contribution in [0.1, 0.15) is 18.9 Å². The van der Waals surface area contributed by atoms with Gasteiger partial charge in [0.1, 0.15) is 5.82 Å². The number of benzene rings is 1. The molecule has 0 aromatic heterocycles. The lowest BCUT2D eigenvalue weighted by Crippen LogP contribution is -2.48. The summed E-state index contributed by atoms with van der Waals surface area (Å²) in [4.78, 5) is 14.0. The first-order valence-corrected chi connectivity index (χ1v) is 7.04. The van der Waals surface area contributed by atoms with Crippen molar-refractivity contribution in [1.82, 2.24) is 10.2 Å². The highest BCUT2D eigenvalue weighted by Crippen LogP contribution is 2.14. The SMILES string of the molecule is CC1CN(CC(=O)NCc2ccccc2F)CCC1N. The summed E-state index contributed by atoms with van der Waals surface area (Å²) >= 11 is 0. The Bertz CT molecular complexity index is 466. The molecule has 0 aliphatic carbocycles. The Morgan fingerprint density at radius 1 is 1.50 bits per heavy atom. The lowest BCUT2D eigenvalue weighted by molar-refractivity contribution is -0.122. The van der Waals surface area contributed by atoms with E-state index in [0.29, 0.717) is 18.0 Å². The molecule has 1 aliphatic rings. The molecular formula is C15H22FN3O. The van der Waals surface area contributed by atoms with Crippen molar-refractivity contribution in [3.8, 4) is 0 Å². The van der Waals surface area contributed by atoms with E-state index in [-0.39, 0.29) is 24.3 Å². The van der Waals surface area contributed by atoms with Gasteiger partial charge in [0.2, 0.25) is 5.91 Å². The Morgan fingerprint density at radius 2 is 2.25 bits per heavy atom. The van der Waals surface area contributed by atoms with Crippen molar-refractivity contribution >= 4 is 5.91 Å². The molecule has 0 radical (unpaired) electrons. The Hall–Kier alpha value is -1.46. The minimum atomic E-state index is -0.287. The molecule has 1 amide bonds. The molecule has 1 aromatic carbocycles. The first-order chi connectivity index (χ1) is 9.56. The van der Waals surface area contributed by atoms with Crippen molar-refractivity contribution in [2.45, 2.75) is 25.9 Å². The third-order valence-electron chi connectivity index (χ3n) is 3.86. The van der Waals surface area contributed by atoms with Gasteiger partial charge in [0, 0.05) is 31.2 Å². The quantitative estimate of drug-likeness (QED) is 0.868. The fraction of sp³-hybridized carbons (Fsp3) is 0.533. The molecule has 5 heteroatoms. The number of amides is 1. The monoisotopic (exact) mass is 279 g/mol. The normalized spacial score (nSPS) is 23.6. The van der Waals surface area contributed by atoms with Gasteiger partial charge < -0.3 is 11.1 Å². The topological polar surface area (TPSA) is 58.4 Å². The van der Waals surface area contributed by atoms with E-state index in [2.05, 4.69) is 17.1 Å². The number of nitrogens with one attached hydrogen (secondary N) is 1. The van der Waals surface area contributed by atoms with E-state index in [9.17, 15) is 9.18 Å². The molecule has 0 saturated carbocycles. The van der Waals surface area contributed by atoms with Gasteiger partial charge >= 0.3 is 0 Å². The van der Waals surface area contributed by atoms with Crippen molar-refractivity contribution in [3.63, 3.8) is 0 Å². The summed E-state index contributed by atoms with van der Waals surface area (Å²) in [5.41, 5.74) is 6.46. The Labute approximate surface area is 119 Å². The molecule has 2 rings (SSSR count). The minimum absolute atomic E-state index is 0.0732. The van der Waals surface area contributed by atoms with Crippen molar-refractivity contribution in [3.05, 3.63) is 35.6 Å². The van der Waals surface area contributed by atoms with Gasteiger partial charge in [0.15, 0.2) is 0 Å². The van der Waals surface area contributed by atoms with Gasteiger partial charge in [0.05, 0.1) is 6.54 Å². The fourth-order valence-corrected chi connectivity index (χ4v) is 2.49. The maximum Gasteiger partial charge on any atom is 0.234 e. The summed E-state index contributed by atoms with van der Waals surface area (Å²) < 4.78 is 13.4. The van der Waals surface area contributed by atoms with E-state index >= 15 is 0 Å². The first kappa shape index (κ1) is 14.9. The summed E-state index contributed by atoms with van der Waals surface area (Å²) in [5, 5.41) is 2.76. The number of piperidine rings is 1. The smallest absolute Gasteiger partial charge is 0.234 e. The van der Waals surface area contributed by atoms with E-state index in [1.165, 1.54) is 6.07 Å². The average molecular weight is 279 g/mol. The van der Waals surface area contributed by atoms with Gasteiger partial charge in [-0.05, 0) is 18.4 Å². The third kappa shape index (κ3) is 4.02. The number of hydrogen-bond donors (Lipinski definition) is 2. The molecule has 1 fully saturated rings. The highest BCUT2D eigenvalue weighted by molar-refractivity contribution is 5.78. The molecule has 0 spiro atoms. The van der Waals surface area contributed by atoms with Crippen molar-refractivity contribution in [1.29, 1.82) is 0 Å². The maximum atomic E-state index is 13.4. The Morgan fingerprint density at radius 3 is 2.95 bits per heavy atom. The second-order valence-electron chi connectivity index (χ2n) is 5.53. The maximum absolute atomic E-state index is 13.4. The van der Waals surface area contributed by atoms with Crippen molar-refractivity contribution < 1.29 is 9.18 Å². The van der Waals surface area contributed by atoms with Gasteiger partial charge in [-0.3, -0.25) is 9.69 Å². The summed E-state index contributed by atoms with van der Waals surface area (Å²) in [6.45, 7) is 4.38.